The van der Waals surface area contributed by atoms with Crippen molar-refractivity contribution in [2.75, 3.05) is 26.7 Å². The van der Waals surface area contributed by atoms with Gasteiger partial charge in [-0.2, -0.15) is 0 Å². The number of carbonyl (C=O) groups excluding carboxylic acids is 1. The first kappa shape index (κ1) is 22.2. The van der Waals surface area contributed by atoms with Gasteiger partial charge in [-0.3, -0.25) is 4.79 Å². The first-order chi connectivity index (χ1) is 7.02. The van der Waals surface area contributed by atoms with Gasteiger partial charge in [0.2, 0.25) is 5.91 Å². The molecule has 0 aromatic rings. The van der Waals surface area contributed by atoms with Crippen LogP contribution < -0.4 is 11.1 Å². The quantitative estimate of drug-likeness (QED) is 0.742. The minimum absolute atomic E-state index is 0. The lowest BCUT2D eigenvalue weighted by atomic mass is 10.2. The summed E-state index contributed by atoms with van der Waals surface area (Å²) in [6.45, 7) is 8.18. The van der Waals surface area contributed by atoms with Crippen LogP contribution in [0.5, 0.6) is 0 Å². The second-order valence-corrected chi connectivity index (χ2v) is 4.17. The predicted octanol–water partition coefficient (Wildman–Crippen LogP) is 1.27. The molecule has 1 amide bonds. The van der Waals surface area contributed by atoms with Gasteiger partial charge in [0.15, 0.2) is 0 Å². The van der Waals surface area contributed by atoms with Gasteiger partial charge in [0, 0.05) is 31.6 Å². The van der Waals surface area contributed by atoms with Crippen molar-refractivity contribution in [1.82, 2.24) is 10.2 Å². The number of halogens is 2. The number of nitrogens with one attached hydrogen (secondary N) is 1. The molecule has 0 bridgehead atoms. The minimum atomic E-state index is -0.0843. The summed E-state index contributed by atoms with van der Waals surface area (Å²) in [4.78, 5) is 13.6. The van der Waals surface area contributed by atoms with Gasteiger partial charge in [-0.1, -0.05) is 13.8 Å². The van der Waals surface area contributed by atoms with Gasteiger partial charge >= 0.3 is 0 Å². The molecule has 0 spiro atoms. The average Bonchev–Trinajstić information content (AvgIpc) is 2.26. The van der Waals surface area contributed by atoms with Crippen molar-refractivity contribution >= 4 is 30.7 Å². The molecule has 4 nitrogen and oxygen atoms in total. The molecule has 0 radical (unpaired) electrons. The molecule has 0 heterocycles. The lowest BCUT2D eigenvalue weighted by Gasteiger charge is -2.23. The van der Waals surface area contributed by atoms with Gasteiger partial charge in [-0.05, 0) is 20.4 Å². The van der Waals surface area contributed by atoms with Crippen LogP contribution in [0.2, 0.25) is 0 Å². The van der Waals surface area contributed by atoms with E-state index >= 15 is 0 Å². The fourth-order valence-corrected chi connectivity index (χ4v) is 1.17. The summed E-state index contributed by atoms with van der Waals surface area (Å²) in [7, 11) is 2.08. The highest BCUT2D eigenvalue weighted by molar-refractivity contribution is 5.85. The Morgan fingerprint density at radius 2 is 1.88 bits per heavy atom. The standard InChI is InChI=1S/C11H25N3O.2ClH/c1-5-10(3)14(4)7-6-13-11(15)9(2)8-12;;/h9-10H,5-8,12H2,1-4H3,(H,13,15);2*1H. The van der Waals surface area contributed by atoms with Crippen LogP contribution in [-0.2, 0) is 4.79 Å². The smallest absolute Gasteiger partial charge is 0.224 e. The second-order valence-electron chi connectivity index (χ2n) is 4.17. The second kappa shape index (κ2) is 12.4. The van der Waals surface area contributed by atoms with Crippen molar-refractivity contribution in [2.24, 2.45) is 11.7 Å². The molecule has 0 saturated heterocycles. The highest BCUT2D eigenvalue weighted by atomic mass is 35.5. The summed E-state index contributed by atoms with van der Waals surface area (Å²) in [5, 5.41) is 2.88. The summed E-state index contributed by atoms with van der Waals surface area (Å²) in [6.07, 6.45) is 1.13. The van der Waals surface area contributed by atoms with Crippen molar-refractivity contribution in [2.45, 2.75) is 33.2 Å². The number of hydrogen-bond donors (Lipinski definition) is 2. The largest absolute Gasteiger partial charge is 0.355 e. The van der Waals surface area contributed by atoms with Crippen LogP contribution in [0.15, 0.2) is 0 Å². The van der Waals surface area contributed by atoms with E-state index in [1.54, 1.807) is 0 Å². The number of likely N-dealkylation sites (N-methyl/N-ethyl adjacent to an activating group) is 1. The Morgan fingerprint density at radius 1 is 1.35 bits per heavy atom. The molecular formula is C11H27Cl2N3O. The summed E-state index contributed by atoms with van der Waals surface area (Å²) >= 11 is 0. The van der Waals surface area contributed by atoms with E-state index in [0.29, 0.717) is 19.1 Å². The molecule has 2 atom stereocenters. The number of amides is 1. The van der Waals surface area contributed by atoms with Crippen molar-refractivity contribution in [3.63, 3.8) is 0 Å². The Hall–Kier alpha value is -0.0300. The van der Waals surface area contributed by atoms with Crippen molar-refractivity contribution in [1.29, 1.82) is 0 Å². The summed E-state index contributed by atoms with van der Waals surface area (Å²) in [5.41, 5.74) is 5.40. The van der Waals surface area contributed by atoms with E-state index in [9.17, 15) is 4.79 Å². The highest BCUT2D eigenvalue weighted by Crippen LogP contribution is 1.98. The van der Waals surface area contributed by atoms with Gasteiger partial charge in [-0.15, -0.1) is 24.8 Å². The van der Waals surface area contributed by atoms with Gasteiger partial charge < -0.3 is 16.0 Å². The molecule has 0 aromatic carbocycles. The Kier molecular flexibility index (Phi) is 16.2. The van der Waals surface area contributed by atoms with E-state index in [0.717, 1.165) is 13.0 Å². The third-order valence-corrected chi connectivity index (χ3v) is 2.91. The maximum Gasteiger partial charge on any atom is 0.224 e. The molecule has 6 heteroatoms. The van der Waals surface area contributed by atoms with E-state index in [4.69, 9.17) is 5.73 Å². The molecule has 17 heavy (non-hydrogen) atoms. The molecule has 0 aliphatic heterocycles. The molecule has 0 aliphatic rings. The van der Waals surface area contributed by atoms with Crippen LogP contribution in [0.4, 0.5) is 0 Å². The molecule has 0 aromatic heterocycles. The molecule has 0 saturated carbocycles. The molecular weight excluding hydrogens is 261 g/mol. The lowest BCUT2D eigenvalue weighted by Crippen LogP contribution is -2.40. The Balaban J connectivity index is -0.000000980. The van der Waals surface area contributed by atoms with Crippen LogP contribution >= 0.6 is 24.8 Å². The van der Waals surface area contributed by atoms with Crippen LogP contribution in [0.25, 0.3) is 0 Å². The third-order valence-electron chi connectivity index (χ3n) is 2.91. The first-order valence-corrected chi connectivity index (χ1v) is 5.70. The number of carbonyl (C=O) groups is 1. The summed E-state index contributed by atoms with van der Waals surface area (Å²) in [5.74, 6) is -0.0334. The van der Waals surface area contributed by atoms with E-state index in [1.807, 2.05) is 6.92 Å². The van der Waals surface area contributed by atoms with Gasteiger partial charge in [0.05, 0.1) is 0 Å². The van der Waals surface area contributed by atoms with Crippen molar-refractivity contribution < 1.29 is 4.79 Å². The predicted molar refractivity (Wildman–Crippen MR) is 78.1 cm³/mol. The van der Waals surface area contributed by atoms with Crippen molar-refractivity contribution in [3.05, 3.63) is 0 Å². The number of nitrogens with two attached hydrogens (primary N) is 1. The van der Waals surface area contributed by atoms with Gasteiger partial charge in [0.1, 0.15) is 0 Å². The summed E-state index contributed by atoms with van der Waals surface area (Å²) in [6, 6.07) is 0.564. The number of rotatable bonds is 7. The van der Waals surface area contributed by atoms with E-state index in [1.165, 1.54) is 0 Å². The zero-order valence-corrected chi connectivity index (χ0v) is 12.9. The zero-order chi connectivity index (χ0) is 11.8. The molecule has 0 fully saturated rings. The molecule has 3 N–H and O–H groups in total. The average molecular weight is 288 g/mol. The van der Waals surface area contributed by atoms with Crippen molar-refractivity contribution in [3.8, 4) is 0 Å². The van der Waals surface area contributed by atoms with E-state index < -0.39 is 0 Å². The van der Waals surface area contributed by atoms with Crippen LogP contribution in [0, 0.1) is 5.92 Å². The molecule has 0 rings (SSSR count). The molecule has 106 valence electrons. The maximum atomic E-state index is 11.4. The topological polar surface area (TPSA) is 58.4 Å². The summed E-state index contributed by atoms with van der Waals surface area (Å²) < 4.78 is 0. The van der Waals surface area contributed by atoms with E-state index in [2.05, 4.69) is 31.1 Å². The number of nitrogens with zero attached hydrogens (tertiary/aromatic N) is 1. The molecule has 2 unspecified atom stereocenters. The van der Waals surface area contributed by atoms with E-state index in [-0.39, 0.29) is 36.6 Å². The fourth-order valence-electron chi connectivity index (χ4n) is 1.17. The van der Waals surface area contributed by atoms with Gasteiger partial charge in [0.25, 0.3) is 0 Å². The van der Waals surface area contributed by atoms with Gasteiger partial charge in [-0.25, -0.2) is 0 Å². The Labute approximate surface area is 118 Å². The monoisotopic (exact) mass is 287 g/mol. The van der Waals surface area contributed by atoms with Crippen LogP contribution in [0.1, 0.15) is 27.2 Å². The van der Waals surface area contributed by atoms with Crippen LogP contribution in [-0.4, -0.2) is 43.5 Å². The number of hydrogen-bond acceptors (Lipinski definition) is 3. The zero-order valence-electron chi connectivity index (χ0n) is 11.2. The Morgan fingerprint density at radius 3 is 2.29 bits per heavy atom. The molecule has 0 aliphatic carbocycles. The first-order valence-electron chi connectivity index (χ1n) is 5.70. The third kappa shape index (κ3) is 9.65. The normalized spacial score (nSPS) is 13.3. The lowest BCUT2D eigenvalue weighted by molar-refractivity contribution is -0.124. The Bertz CT molecular complexity index is 194. The SMILES string of the molecule is CCC(C)N(C)CCNC(=O)C(C)CN.Cl.Cl. The van der Waals surface area contributed by atoms with Crippen LogP contribution in [0.3, 0.4) is 0 Å². The minimum Gasteiger partial charge on any atom is -0.355 e. The maximum absolute atomic E-state index is 11.4. The fraction of sp³-hybridized carbons (Fsp3) is 0.909. The highest BCUT2D eigenvalue weighted by Gasteiger charge is 2.11.